The van der Waals surface area contributed by atoms with Crippen molar-refractivity contribution in [2.75, 3.05) is 11.9 Å². The lowest BCUT2D eigenvalue weighted by molar-refractivity contribution is -0.222. The third-order valence-electron chi connectivity index (χ3n) is 5.40. The third kappa shape index (κ3) is 1.94. The van der Waals surface area contributed by atoms with Crippen LogP contribution in [0.1, 0.15) is 26.7 Å². The largest absolute Gasteiger partial charge is 0.377 e. The molecule has 22 heavy (non-hydrogen) atoms. The lowest BCUT2D eigenvalue weighted by Crippen LogP contribution is -2.81. The van der Waals surface area contributed by atoms with E-state index in [1.807, 2.05) is 13.8 Å². The molecule has 120 valence electrons. The summed E-state index contributed by atoms with van der Waals surface area (Å²) < 4.78 is 7.25. The first-order valence-electron chi connectivity index (χ1n) is 7.67. The second kappa shape index (κ2) is 4.93. The molecule has 0 aromatic carbocycles. The van der Waals surface area contributed by atoms with Crippen molar-refractivity contribution in [3.05, 3.63) is 28.7 Å². The van der Waals surface area contributed by atoms with E-state index in [9.17, 15) is 9.59 Å². The molecule has 6 nitrogen and oxygen atoms in total. The number of hydrogen-bond donors (Lipinski definition) is 2. The quantitative estimate of drug-likeness (QED) is 0.848. The Morgan fingerprint density at radius 2 is 2.18 bits per heavy atom. The van der Waals surface area contributed by atoms with Crippen LogP contribution >= 0.6 is 0 Å². The highest BCUT2D eigenvalue weighted by Crippen LogP contribution is 2.57. The summed E-state index contributed by atoms with van der Waals surface area (Å²) in [5.74, 6) is -0.160. The summed E-state index contributed by atoms with van der Waals surface area (Å²) in [5, 5.41) is 2.86. The second-order valence-corrected chi connectivity index (χ2v) is 6.95. The molecule has 0 spiro atoms. The molecule has 6 heteroatoms. The monoisotopic (exact) mass is 305 g/mol. The normalized spacial score (nSPS) is 32.7. The molecule has 3 atom stereocenters. The van der Waals surface area contributed by atoms with Gasteiger partial charge < -0.3 is 20.4 Å². The van der Waals surface area contributed by atoms with Gasteiger partial charge in [0.2, 0.25) is 11.5 Å². The number of amides is 1. The van der Waals surface area contributed by atoms with Crippen molar-refractivity contribution in [2.45, 2.75) is 38.3 Å². The van der Waals surface area contributed by atoms with Crippen LogP contribution < -0.4 is 16.6 Å². The minimum atomic E-state index is -0.952. The average Bonchev–Trinajstić information content (AvgIpc) is 2.50. The van der Waals surface area contributed by atoms with Gasteiger partial charge in [-0.05, 0) is 18.9 Å². The van der Waals surface area contributed by atoms with E-state index in [0.717, 1.165) is 19.4 Å². The smallest absolute Gasteiger partial charge is 0.250 e. The average molecular weight is 305 g/mol. The molecule has 2 fully saturated rings. The first kappa shape index (κ1) is 15.2. The number of nitrogens with one attached hydrogen (secondary N) is 1. The van der Waals surface area contributed by atoms with Crippen LogP contribution in [-0.2, 0) is 16.6 Å². The Kier molecular flexibility index (Phi) is 3.41. The lowest BCUT2D eigenvalue weighted by atomic mass is 9.46. The minimum Gasteiger partial charge on any atom is -0.377 e. The van der Waals surface area contributed by atoms with Crippen molar-refractivity contribution >= 4 is 11.6 Å². The van der Waals surface area contributed by atoms with E-state index >= 15 is 0 Å². The Bertz CT molecular complexity index is 667. The Balaban J connectivity index is 1.84. The van der Waals surface area contributed by atoms with Crippen molar-refractivity contribution in [3.63, 3.8) is 0 Å². The van der Waals surface area contributed by atoms with Gasteiger partial charge in [0.25, 0.3) is 0 Å². The number of rotatable bonds is 2. The van der Waals surface area contributed by atoms with Gasteiger partial charge in [0.05, 0.1) is 11.8 Å². The Morgan fingerprint density at radius 1 is 1.45 bits per heavy atom. The first-order chi connectivity index (χ1) is 10.3. The zero-order valence-corrected chi connectivity index (χ0v) is 13.3. The van der Waals surface area contributed by atoms with Gasteiger partial charge in [-0.3, -0.25) is 9.59 Å². The van der Waals surface area contributed by atoms with Crippen LogP contribution in [0.15, 0.2) is 23.1 Å². The number of hydrogen-bond acceptors (Lipinski definition) is 4. The summed E-state index contributed by atoms with van der Waals surface area (Å²) >= 11 is 0. The summed E-state index contributed by atoms with van der Waals surface area (Å²) in [6.07, 6.45) is 3.48. The molecule has 3 unspecified atom stereocenters. The van der Waals surface area contributed by atoms with Crippen LogP contribution in [0.3, 0.4) is 0 Å². The van der Waals surface area contributed by atoms with Crippen LogP contribution in [0.25, 0.3) is 0 Å². The molecule has 2 aliphatic rings. The van der Waals surface area contributed by atoms with Crippen molar-refractivity contribution in [1.29, 1.82) is 0 Å². The van der Waals surface area contributed by atoms with Crippen LogP contribution in [0.2, 0.25) is 0 Å². The predicted molar refractivity (Wildman–Crippen MR) is 83.5 cm³/mol. The van der Waals surface area contributed by atoms with Crippen molar-refractivity contribution in [2.24, 2.45) is 24.1 Å². The molecular formula is C16H23N3O3. The molecule has 0 radical (unpaired) electrons. The van der Waals surface area contributed by atoms with E-state index in [1.165, 1.54) is 10.6 Å². The van der Waals surface area contributed by atoms with Gasteiger partial charge in [0.1, 0.15) is 5.54 Å². The molecule has 1 aromatic heterocycles. The van der Waals surface area contributed by atoms with E-state index in [1.54, 1.807) is 19.3 Å². The number of pyridine rings is 1. The van der Waals surface area contributed by atoms with Gasteiger partial charge in [-0.25, -0.2) is 0 Å². The van der Waals surface area contributed by atoms with Crippen LogP contribution in [0.4, 0.5) is 5.69 Å². The molecule has 1 aromatic rings. The summed E-state index contributed by atoms with van der Waals surface area (Å²) in [5.41, 5.74) is 5.63. The number of aromatic nitrogens is 1. The van der Waals surface area contributed by atoms with Crippen molar-refractivity contribution in [3.8, 4) is 0 Å². The Hall–Kier alpha value is -1.66. The predicted octanol–water partition coefficient (Wildman–Crippen LogP) is 0.856. The molecule has 1 amide bonds. The van der Waals surface area contributed by atoms with E-state index in [4.69, 9.17) is 10.5 Å². The van der Waals surface area contributed by atoms with Gasteiger partial charge in [-0.15, -0.1) is 0 Å². The zero-order valence-electron chi connectivity index (χ0n) is 13.3. The molecule has 3 N–H and O–H groups in total. The van der Waals surface area contributed by atoms with Crippen molar-refractivity contribution in [1.82, 2.24) is 4.57 Å². The maximum absolute atomic E-state index is 12.8. The number of carbonyl (C=O) groups is 1. The van der Waals surface area contributed by atoms with Crippen molar-refractivity contribution < 1.29 is 9.53 Å². The van der Waals surface area contributed by atoms with Gasteiger partial charge in [0, 0.05) is 37.3 Å². The van der Waals surface area contributed by atoms with Gasteiger partial charge in [-0.1, -0.05) is 13.8 Å². The number of ether oxygens (including phenoxy) is 1. The first-order valence-corrected chi connectivity index (χ1v) is 7.67. The van der Waals surface area contributed by atoms with E-state index in [0.29, 0.717) is 5.69 Å². The summed E-state index contributed by atoms with van der Waals surface area (Å²) in [6.45, 7) is 4.71. The topological polar surface area (TPSA) is 86.3 Å². The number of nitrogens with zero attached hydrogens (tertiary/aromatic N) is 1. The highest BCUT2D eigenvalue weighted by atomic mass is 16.5. The van der Waals surface area contributed by atoms with Crippen LogP contribution in [0, 0.1) is 11.3 Å². The molecular weight excluding hydrogens is 282 g/mol. The highest BCUT2D eigenvalue weighted by Gasteiger charge is 2.70. The highest BCUT2D eigenvalue weighted by molar-refractivity contribution is 6.00. The second-order valence-electron chi connectivity index (χ2n) is 6.95. The van der Waals surface area contributed by atoms with Crippen LogP contribution in [0.5, 0.6) is 0 Å². The van der Waals surface area contributed by atoms with Gasteiger partial charge in [-0.2, -0.15) is 0 Å². The maximum atomic E-state index is 12.8. The summed E-state index contributed by atoms with van der Waals surface area (Å²) in [6, 6.07) is 3.03. The fourth-order valence-corrected chi connectivity index (χ4v) is 3.94. The number of aryl methyl sites for hydroxylation is 1. The maximum Gasteiger partial charge on any atom is 0.250 e. The lowest BCUT2D eigenvalue weighted by Gasteiger charge is -2.65. The molecule has 0 bridgehead atoms. The fourth-order valence-electron chi connectivity index (χ4n) is 3.94. The van der Waals surface area contributed by atoms with Gasteiger partial charge >= 0.3 is 0 Å². The van der Waals surface area contributed by atoms with Crippen LogP contribution in [-0.4, -0.2) is 28.7 Å². The standard InChI is InChI=1S/C16H23N3O3/c1-15(2)13-11(5-4-8-22-13)16(15,17)14(21)18-10-6-7-12(20)19(3)9-10/h6-7,9,11,13H,4-5,8,17H2,1-3H3,(H,18,21). The Morgan fingerprint density at radius 3 is 2.86 bits per heavy atom. The minimum absolute atomic E-state index is 0.0390. The summed E-state index contributed by atoms with van der Waals surface area (Å²) in [7, 11) is 1.65. The van der Waals surface area contributed by atoms with E-state index in [-0.39, 0.29) is 23.5 Å². The molecule has 1 aliphatic heterocycles. The molecule has 1 saturated carbocycles. The summed E-state index contributed by atoms with van der Waals surface area (Å²) in [4.78, 5) is 24.2. The number of carbonyl (C=O) groups excluding carboxylic acids is 1. The van der Waals surface area contributed by atoms with E-state index < -0.39 is 11.0 Å². The number of anilines is 1. The molecule has 2 heterocycles. The number of fused-ring (bicyclic) bond motifs is 1. The third-order valence-corrected chi connectivity index (χ3v) is 5.40. The van der Waals surface area contributed by atoms with E-state index in [2.05, 4.69) is 5.32 Å². The molecule has 3 rings (SSSR count). The molecule has 1 saturated heterocycles. The van der Waals surface area contributed by atoms with Gasteiger partial charge in [0.15, 0.2) is 0 Å². The number of nitrogens with two attached hydrogens (primary N) is 1. The Labute approximate surface area is 129 Å². The SMILES string of the molecule is Cn1cc(NC(=O)C2(N)C3CCCOC3C2(C)C)ccc1=O. The molecule has 1 aliphatic carbocycles. The fraction of sp³-hybridized carbons (Fsp3) is 0.625. The zero-order chi connectivity index (χ0) is 16.1.